The number of nitrogens with zero attached hydrogens (tertiary/aromatic N) is 3. The Kier molecular flexibility index (Phi) is 7.12. The van der Waals surface area contributed by atoms with Gasteiger partial charge in [0, 0.05) is 37.4 Å². The molecular formula is C24H26ClN5O. The maximum absolute atomic E-state index is 12.8. The smallest absolute Gasteiger partial charge is 0.258 e. The normalized spacial score (nSPS) is 14.9. The van der Waals surface area contributed by atoms with Crippen LogP contribution >= 0.6 is 11.6 Å². The van der Waals surface area contributed by atoms with Crippen molar-refractivity contribution < 1.29 is 4.79 Å². The highest BCUT2D eigenvalue weighted by Gasteiger charge is 2.20. The van der Waals surface area contributed by atoms with Crippen molar-refractivity contribution in [3.63, 3.8) is 0 Å². The molecule has 1 saturated heterocycles. The van der Waals surface area contributed by atoms with Gasteiger partial charge in [-0.3, -0.25) is 14.7 Å². The van der Waals surface area contributed by atoms with E-state index in [-0.39, 0.29) is 5.91 Å². The molecule has 1 aromatic carbocycles. The van der Waals surface area contributed by atoms with E-state index < -0.39 is 0 Å². The molecule has 1 amide bonds. The number of anilines is 2. The maximum atomic E-state index is 12.8. The summed E-state index contributed by atoms with van der Waals surface area (Å²) >= 11 is 5.86. The Morgan fingerprint density at radius 2 is 1.90 bits per heavy atom. The van der Waals surface area contributed by atoms with Crippen LogP contribution in [0.3, 0.4) is 0 Å². The second kappa shape index (κ2) is 10.4. The summed E-state index contributed by atoms with van der Waals surface area (Å²) in [6.45, 7) is 3.96. The lowest BCUT2D eigenvalue weighted by Gasteiger charge is -2.32. The van der Waals surface area contributed by atoms with Gasteiger partial charge in [0.2, 0.25) is 0 Å². The first-order chi connectivity index (χ1) is 15.2. The number of halogens is 1. The highest BCUT2D eigenvalue weighted by Crippen LogP contribution is 2.22. The number of nitrogens with one attached hydrogen (secondary N) is 2. The number of rotatable bonds is 7. The summed E-state index contributed by atoms with van der Waals surface area (Å²) in [7, 11) is 0. The molecule has 3 heterocycles. The van der Waals surface area contributed by atoms with E-state index in [0.717, 1.165) is 44.7 Å². The molecule has 6 nitrogen and oxygen atoms in total. The fraction of sp³-hybridized carbons (Fsp3) is 0.292. The predicted octanol–water partition coefficient (Wildman–Crippen LogP) is 4.71. The number of para-hydroxylation sites is 1. The number of amides is 1. The van der Waals surface area contributed by atoms with Crippen LogP contribution in [0.2, 0.25) is 5.02 Å². The van der Waals surface area contributed by atoms with Gasteiger partial charge in [0.1, 0.15) is 5.82 Å². The third kappa shape index (κ3) is 6.03. The Labute approximate surface area is 187 Å². The number of aromatic nitrogens is 2. The van der Waals surface area contributed by atoms with Crippen LogP contribution in [0.15, 0.2) is 67.1 Å². The minimum absolute atomic E-state index is 0.191. The maximum Gasteiger partial charge on any atom is 0.258 e. The Hall–Kier alpha value is -2.96. The number of likely N-dealkylation sites (tertiary alicyclic amines) is 1. The summed E-state index contributed by atoms with van der Waals surface area (Å²) < 4.78 is 0. The van der Waals surface area contributed by atoms with Crippen molar-refractivity contribution in [1.82, 2.24) is 14.9 Å². The van der Waals surface area contributed by atoms with Gasteiger partial charge in [-0.2, -0.15) is 0 Å². The van der Waals surface area contributed by atoms with Crippen molar-refractivity contribution in [2.24, 2.45) is 5.92 Å². The van der Waals surface area contributed by atoms with Gasteiger partial charge < -0.3 is 10.6 Å². The zero-order chi connectivity index (χ0) is 21.5. The Bertz CT molecular complexity index is 988. The zero-order valence-corrected chi connectivity index (χ0v) is 18.1. The standard InChI is InChI=1S/C24H26ClN5O/c25-20-7-8-23(28-16-20)29-24(31)21-5-1-2-6-22(21)27-15-18-9-12-30(13-10-18)17-19-4-3-11-26-14-19/h1-8,11,14,16,18,27H,9-10,12-13,15,17H2,(H,28,29,31). The number of hydrogen-bond acceptors (Lipinski definition) is 5. The second-order valence-corrected chi connectivity index (χ2v) is 8.26. The fourth-order valence-electron chi connectivity index (χ4n) is 3.82. The molecule has 0 atom stereocenters. The highest BCUT2D eigenvalue weighted by atomic mass is 35.5. The fourth-order valence-corrected chi connectivity index (χ4v) is 3.93. The molecule has 3 aromatic rings. The third-order valence-electron chi connectivity index (χ3n) is 5.56. The van der Waals surface area contributed by atoms with Gasteiger partial charge in [-0.05, 0) is 67.7 Å². The third-order valence-corrected chi connectivity index (χ3v) is 5.78. The van der Waals surface area contributed by atoms with E-state index in [9.17, 15) is 4.79 Å². The van der Waals surface area contributed by atoms with Crippen molar-refractivity contribution in [1.29, 1.82) is 0 Å². The van der Waals surface area contributed by atoms with Crippen LogP contribution < -0.4 is 10.6 Å². The summed E-state index contributed by atoms with van der Waals surface area (Å²) in [5.41, 5.74) is 2.70. The predicted molar refractivity (Wildman–Crippen MR) is 124 cm³/mol. The van der Waals surface area contributed by atoms with Gasteiger partial charge >= 0.3 is 0 Å². The summed E-state index contributed by atoms with van der Waals surface area (Å²) in [4.78, 5) is 23.6. The summed E-state index contributed by atoms with van der Waals surface area (Å²) in [5, 5.41) is 6.86. The topological polar surface area (TPSA) is 70.2 Å². The largest absolute Gasteiger partial charge is 0.384 e. The summed E-state index contributed by atoms with van der Waals surface area (Å²) in [6, 6.07) is 15.1. The lowest BCUT2D eigenvalue weighted by atomic mass is 9.96. The molecule has 160 valence electrons. The number of pyridine rings is 2. The van der Waals surface area contributed by atoms with Gasteiger partial charge in [-0.1, -0.05) is 29.8 Å². The first kappa shape index (κ1) is 21.3. The van der Waals surface area contributed by atoms with E-state index in [4.69, 9.17) is 11.6 Å². The number of carbonyl (C=O) groups is 1. The quantitative estimate of drug-likeness (QED) is 0.562. The molecule has 0 spiro atoms. The van der Waals surface area contributed by atoms with Gasteiger partial charge in [0.15, 0.2) is 0 Å². The molecule has 1 fully saturated rings. The van der Waals surface area contributed by atoms with Crippen molar-refractivity contribution in [3.05, 3.63) is 83.3 Å². The Balaban J connectivity index is 1.29. The van der Waals surface area contributed by atoms with Gasteiger partial charge in [0.25, 0.3) is 5.91 Å². The van der Waals surface area contributed by atoms with Crippen LogP contribution in [0.5, 0.6) is 0 Å². The van der Waals surface area contributed by atoms with Gasteiger partial charge in [-0.25, -0.2) is 4.98 Å². The molecule has 2 aromatic heterocycles. The average molecular weight is 436 g/mol. The molecule has 7 heteroatoms. The van der Waals surface area contributed by atoms with Crippen LogP contribution in [0.25, 0.3) is 0 Å². The summed E-state index contributed by atoms with van der Waals surface area (Å²) in [5.74, 6) is 0.869. The molecule has 31 heavy (non-hydrogen) atoms. The molecule has 0 aliphatic carbocycles. The zero-order valence-electron chi connectivity index (χ0n) is 17.3. The molecule has 2 N–H and O–H groups in total. The first-order valence-electron chi connectivity index (χ1n) is 10.5. The van der Waals surface area contributed by atoms with E-state index in [1.54, 1.807) is 12.1 Å². The second-order valence-electron chi connectivity index (χ2n) is 7.82. The first-order valence-corrected chi connectivity index (χ1v) is 10.9. The Morgan fingerprint density at radius 3 is 2.65 bits per heavy atom. The molecule has 0 unspecified atom stereocenters. The van der Waals surface area contributed by atoms with Crippen molar-refractivity contribution in [2.45, 2.75) is 19.4 Å². The molecular weight excluding hydrogens is 410 g/mol. The number of benzene rings is 1. The van der Waals surface area contributed by atoms with Crippen LogP contribution in [-0.4, -0.2) is 40.4 Å². The van der Waals surface area contributed by atoms with Crippen LogP contribution in [0, 0.1) is 5.92 Å². The minimum Gasteiger partial charge on any atom is -0.384 e. The SMILES string of the molecule is O=C(Nc1ccc(Cl)cn1)c1ccccc1NCC1CCN(Cc2cccnc2)CC1. The molecule has 0 saturated carbocycles. The average Bonchev–Trinajstić information content (AvgIpc) is 2.81. The molecule has 4 rings (SSSR count). The monoisotopic (exact) mass is 435 g/mol. The number of hydrogen-bond donors (Lipinski definition) is 2. The van der Waals surface area contributed by atoms with E-state index in [1.807, 2.05) is 42.7 Å². The van der Waals surface area contributed by atoms with E-state index in [1.165, 1.54) is 11.8 Å². The van der Waals surface area contributed by atoms with Gasteiger partial charge in [-0.15, -0.1) is 0 Å². The van der Waals surface area contributed by atoms with Crippen molar-refractivity contribution >= 4 is 29.0 Å². The lowest BCUT2D eigenvalue weighted by molar-refractivity contribution is 0.102. The minimum atomic E-state index is -0.191. The van der Waals surface area contributed by atoms with Crippen LogP contribution in [0.4, 0.5) is 11.5 Å². The Morgan fingerprint density at radius 1 is 1.06 bits per heavy atom. The molecule has 0 radical (unpaired) electrons. The van der Waals surface area contributed by atoms with E-state index in [2.05, 4.69) is 31.6 Å². The van der Waals surface area contributed by atoms with Crippen molar-refractivity contribution in [3.8, 4) is 0 Å². The lowest BCUT2D eigenvalue weighted by Crippen LogP contribution is -2.35. The van der Waals surface area contributed by atoms with Crippen LogP contribution in [0.1, 0.15) is 28.8 Å². The highest BCUT2D eigenvalue weighted by molar-refractivity contribution is 6.30. The van der Waals surface area contributed by atoms with Gasteiger partial charge in [0.05, 0.1) is 10.6 Å². The van der Waals surface area contributed by atoms with E-state index in [0.29, 0.717) is 22.3 Å². The molecule has 0 bridgehead atoms. The summed E-state index contributed by atoms with van der Waals surface area (Å²) in [6.07, 6.45) is 7.54. The number of carbonyl (C=O) groups excluding carboxylic acids is 1. The molecule has 1 aliphatic rings. The van der Waals surface area contributed by atoms with E-state index >= 15 is 0 Å². The number of piperidine rings is 1. The van der Waals surface area contributed by atoms with Crippen LogP contribution in [-0.2, 0) is 6.54 Å². The molecule has 1 aliphatic heterocycles. The van der Waals surface area contributed by atoms with Crippen molar-refractivity contribution in [2.75, 3.05) is 30.3 Å².